The molecule has 0 spiro atoms. The van der Waals surface area contributed by atoms with Gasteiger partial charge >= 0.3 is 13.3 Å². The summed E-state index contributed by atoms with van der Waals surface area (Å²) < 4.78 is 47.6. The normalized spacial score (nSPS) is 13.1. The molecule has 0 aromatic heterocycles. The molecule has 92 valence electrons. The number of halogens is 2. The first-order chi connectivity index (χ1) is 6.93. The second-order valence-corrected chi connectivity index (χ2v) is 4.99. The van der Waals surface area contributed by atoms with Gasteiger partial charge in [-0.05, 0) is 20.3 Å². The third-order valence-electron chi connectivity index (χ3n) is 1.63. The van der Waals surface area contributed by atoms with Crippen LogP contribution in [0.15, 0.2) is 0 Å². The van der Waals surface area contributed by atoms with E-state index in [1.165, 1.54) is 13.8 Å². The van der Waals surface area contributed by atoms with Crippen LogP contribution >= 0.6 is 7.60 Å². The Hall–Kier alpha value is -0.0300. The van der Waals surface area contributed by atoms with Crippen molar-refractivity contribution in [3.05, 3.63) is 0 Å². The van der Waals surface area contributed by atoms with Crippen molar-refractivity contribution in [2.24, 2.45) is 0 Å². The standard InChI is InChI=1S/C8H17F2O4P/c1-3-13-15(12,14-4-2)8(9,10)6-5-7-11/h11H,3-7H2,1-2H3. The van der Waals surface area contributed by atoms with Gasteiger partial charge in [-0.2, -0.15) is 8.78 Å². The van der Waals surface area contributed by atoms with Crippen LogP contribution < -0.4 is 0 Å². The highest BCUT2D eigenvalue weighted by Crippen LogP contribution is 2.63. The van der Waals surface area contributed by atoms with E-state index in [9.17, 15) is 13.3 Å². The van der Waals surface area contributed by atoms with Crippen LogP contribution in [0.4, 0.5) is 8.78 Å². The van der Waals surface area contributed by atoms with Crippen molar-refractivity contribution in [3.8, 4) is 0 Å². The van der Waals surface area contributed by atoms with E-state index in [4.69, 9.17) is 5.11 Å². The minimum atomic E-state index is -4.40. The average Bonchev–Trinajstić information content (AvgIpc) is 2.15. The Morgan fingerprint density at radius 3 is 2.07 bits per heavy atom. The van der Waals surface area contributed by atoms with Gasteiger partial charge in [0.05, 0.1) is 13.2 Å². The molecule has 0 saturated carbocycles. The van der Waals surface area contributed by atoms with Crippen LogP contribution in [0.1, 0.15) is 26.7 Å². The summed E-state index contributed by atoms with van der Waals surface area (Å²) in [5, 5.41) is 8.45. The maximum Gasteiger partial charge on any atom is 0.399 e. The molecule has 0 atom stereocenters. The fourth-order valence-corrected chi connectivity index (χ4v) is 2.56. The molecule has 0 heterocycles. The number of rotatable bonds is 8. The predicted molar refractivity (Wildman–Crippen MR) is 52.1 cm³/mol. The van der Waals surface area contributed by atoms with E-state index < -0.39 is 19.7 Å². The molecule has 1 N–H and O–H groups in total. The van der Waals surface area contributed by atoms with Gasteiger partial charge in [0, 0.05) is 13.0 Å². The monoisotopic (exact) mass is 246 g/mol. The third-order valence-corrected chi connectivity index (χ3v) is 3.86. The first kappa shape index (κ1) is 15.0. The van der Waals surface area contributed by atoms with Crippen molar-refractivity contribution in [1.29, 1.82) is 0 Å². The molecule has 0 aliphatic carbocycles. The summed E-state index contributed by atoms with van der Waals surface area (Å²) in [5.74, 6) is 0. The Balaban J connectivity index is 4.64. The lowest BCUT2D eigenvalue weighted by Gasteiger charge is -2.25. The summed E-state index contributed by atoms with van der Waals surface area (Å²) in [7, 11) is -4.40. The van der Waals surface area contributed by atoms with Gasteiger partial charge in [0.1, 0.15) is 0 Å². The van der Waals surface area contributed by atoms with Crippen LogP contribution in [0.5, 0.6) is 0 Å². The van der Waals surface area contributed by atoms with E-state index in [1.807, 2.05) is 0 Å². The van der Waals surface area contributed by atoms with Crippen LogP contribution in [0.2, 0.25) is 0 Å². The topological polar surface area (TPSA) is 55.8 Å². The van der Waals surface area contributed by atoms with Crippen molar-refractivity contribution < 1.29 is 27.5 Å². The van der Waals surface area contributed by atoms with Gasteiger partial charge in [-0.15, -0.1) is 0 Å². The van der Waals surface area contributed by atoms with Crippen LogP contribution in [0.3, 0.4) is 0 Å². The highest BCUT2D eigenvalue weighted by atomic mass is 31.2. The molecule has 0 fully saturated rings. The summed E-state index contributed by atoms with van der Waals surface area (Å²) in [6.07, 6.45) is -0.849. The average molecular weight is 246 g/mol. The number of aliphatic hydroxyl groups is 1. The Morgan fingerprint density at radius 2 is 1.73 bits per heavy atom. The zero-order chi connectivity index (χ0) is 11.9. The summed E-state index contributed by atoms with van der Waals surface area (Å²) in [5.41, 5.74) is -3.54. The van der Waals surface area contributed by atoms with Crippen molar-refractivity contribution >= 4 is 7.60 Å². The van der Waals surface area contributed by atoms with E-state index in [2.05, 4.69) is 9.05 Å². The zero-order valence-corrected chi connectivity index (χ0v) is 9.81. The number of hydrogen-bond acceptors (Lipinski definition) is 4. The van der Waals surface area contributed by atoms with E-state index in [0.29, 0.717) is 0 Å². The van der Waals surface area contributed by atoms with Gasteiger partial charge < -0.3 is 14.2 Å². The van der Waals surface area contributed by atoms with Gasteiger partial charge in [-0.25, -0.2) is 0 Å². The van der Waals surface area contributed by atoms with Gasteiger partial charge in [-0.3, -0.25) is 4.57 Å². The third kappa shape index (κ3) is 4.15. The molecule has 15 heavy (non-hydrogen) atoms. The quantitative estimate of drug-likeness (QED) is 0.669. The van der Waals surface area contributed by atoms with Gasteiger partial charge in [0.25, 0.3) is 0 Å². The lowest BCUT2D eigenvalue weighted by Crippen LogP contribution is -2.20. The Kier molecular flexibility index (Phi) is 6.52. The number of alkyl halides is 2. The molecule has 0 radical (unpaired) electrons. The molecule has 0 saturated heterocycles. The van der Waals surface area contributed by atoms with Crippen LogP contribution in [-0.2, 0) is 13.6 Å². The summed E-state index contributed by atoms with van der Waals surface area (Å²) in [6, 6.07) is 0. The molecule has 4 nitrogen and oxygen atoms in total. The molecule has 0 aliphatic heterocycles. The maximum atomic E-state index is 13.4. The van der Waals surface area contributed by atoms with E-state index in [-0.39, 0.29) is 26.2 Å². The Bertz CT molecular complexity index is 213. The molecule has 0 unspecified atom stereocenters. The predicted octanol–water partition coefficient (Wildman–Crippen LogP) is 2.62. The van der Waals surface area contributed by atoms with Gasteiger partial charge in [-0.1, -0.05) is 0 Å². The Labute approximate surface area is 88.1 Å². The largest absolute Gasteiger partial charge is 0.399 e. The SMILES string of the molecule is CCOP(=O)(OCC)C(F)(F)CCCO. The molecule has 0 aromatic carbocycles. The molecule has 0 bridgehead atoms. The molecule has 0 aromatic rings. The summed E-state index contributed by atoms with van der Waals surface area (Å²) >= 11 is 0. The zero-order valence-electron chi connectivity index (χ0n) is 8.91. The van der Waals surface area contributed by atoms with Crippen LogP contribution in [-0.4, -0.2) is 30.6 Å². The molecule has 0 amide bonds. The second kappa shape index (κ2) is 6.53. The molecule has 0 rings (SSSR count). The highest BCUT2D eigenvalue weighted by Gasteiger charge is 2.52. The van der Waals surface area contributed by atoms with Crippen molar-refractivity contribution in [2.45, 2.75) is 32.4 Å². The molecular weight excluding hydrogens is 229 g/mol. The highest BCUT2D eigenvalue weighted by molar-refractivity contribution is 7.55. The second-order valence-electron chi connectivity index (χ2n) is 2.83. The number of hydrogen-bond donors (Lipinski definition) is 1. The molecule has 0 aliphatic rings. The van der Waals surface area contributed by atoms with Crippen LogP contribution in [0, 0.1) is 0 Å². The molecule has 7 heteroatoms. The smallest absolute Gasteiger partial charge is 0.396 e. The van der Waals surface area contributed by atoms with E-state index >= 15 is 0 Å². The minimum absolute atomic E-state index is 0.105. The Morgan fingerprint density at radius 1 is 1.27 bits per heavy atom. The summed E-state index contributed by atoms with van der Waals surface area (Å²) in [4.78, 5) is 0. The van der Waals surface area contributed by atoms with Crippen LogP contribution in [0.25, 0.3) is 0 Å². The van der Waals surface area contributed by atoms with Gasteiger partial charge in [0.2, 0.25) is 0 Å². The maximum absolute atomic E-state index is 13.4. The lowest BCUT2D eigenvalue weighted by molar-refractivity contribution is 0.0262. The van der Waals surface area contributed by atoms with Gasteiger partial charge in [0.15, 0.2) is 0 Å². The van der Waals surface area contributed by atoms with Crippen molar-refractivity contribution in [2.75, 3.05) is 19.8 Å². The lowest BCUT2D eigenvalue weighted by atomic mass is 10.3. The van der Waals surface area contributed by atoms with E-state index in [1.54, 1.807) is 0 Å². The number of aliphatic hydroxyl groups excluding tert-OH is 1. The van der Waals surface area contributed by atoms with Crippen molar-refractivity contribution in [1.82, 2.24) is 0 Å². The van der Waals surface area contributed by atoms with Crippen molar-refractivity contribution in [3.63, 3.8) is 0 Å². The van der Waals surface area contributed by atoms with E-state index in [0.717, 1.165) is 0 Å². The first-order valence-electron chi connectivity index (χ1n) is 4.81. The minimum Gasteiger partial charge on any atom is -0.396 e. The fourth-order valence-electron chi connectivity index (χ4n) is 0.995. The first-order valence-corrected chi connectivity index (χ1v) is 6.35. The molecular formula is C8H17F2O4P. The fraction of sp³-hybridized carbons (Fsp3) is 1.00. The summed E-state index contributed by atoms with van der Waals surface area (Å²) in [6.45, 7) is 2.34.